The zero-order valence-electron chi connectivity index (χ0n) is 18.8. The number of nitrogens with two attached hydrogens (primary N) is 1. The lowest BCUT2D eigenvalue weighted by atomic mass is 9.88. The molecule has 1 aliphatic rings. The van der Waals surface area contributed by atoms with Crippen molar-refractivity contribution in [3.8, 4) is 0 Å². The highest BCUT2D eigenvalue weighted by Crippen LogP contribution is 2.35. The van der Waals surface area contributed by atoms with Crippen LogP contribution < -0.4 is 5.84 Å². The van der Waals surface area contributed by atoms with Crippen LogP contribution in [0.2, 0.25) is 0 Å². The number of fused-ring (bicyclic) bond motifs is 1. The van der Waals surface area contributed by atoms with E-state index in [-0.39, 0.29) is 16.2 Å². The Morgan fingerprint density at radius 1 is 1.12 bits per heavy atom. The molecule has 0 spiro atoms. The summed E-state index contributed by atoms with van der Waals surface area (Å²) in [5.41, 5.74) is 2.72. The summed E-state index contributed by atoms with van der Waals surface area (Å²) >= 11 is 0. The van der Waals surface area contributed by atoms with Crippen molar-refractivity contribution in [1.29, 1.82) is 0 Å². The number of piperidine rings is 1. The molecule has 0 bridgehead atoms. The minimum atomic E-state index is -3.51. The number of nitrogens with zero attached hydrogens (tertiary/aromatic N) is 2. The fraction of sp³-hybridized carbons (Fsp3) is 0.400. The zero-order chi connectivity index (χ0) is 22.9. The Morgan fingerprint density at radius 3 is 2.53 bits per heavy atom. The van der Waals surface area contributed by atoms with E-state index in [1.54, 1.807) is 28.9 Å². The van der Waals surface area contributed by atoms with Crippen LogP contribution in [0, 0.1) is 0 Å². The highest BCUT2D eigenvalue weighted by Gasteiger charge is 2.25. The molecule has 2 N–H and O–H groups in total. The molecule has 1 saturated heterocycles. The van der Waals surface area contributed by atoms with Crippen molar-refractivity contribution in [3.05, 3.63) is 65.4 Å². The van der Waals surface area contributed by atoms with Crippen LogP contribution in [0.4, 0.5) is 0 Å². The van der Waals surface area contributed by atoms with Crippen molar-refractivity contribution in [2.45, 2.75) is 43.4 Å². The Balaban J connectivity index is 1.66. The third kappa shape index (κ3) is 4.45. The lowest BCUT2D eigenvalue weighted by Crippen LogP contribution is -2.33. The van der Waals surface area contributed by atoms with Gasteiger partial charge < -0.3 is 10.7 Å². The quantitative estimate of drug-likeness (QED) is 0.432. The Bertz CT molecular complexity index is 1240. The van der Waals surface area contributed by atoms with Crippen LogP contribution in [-0.2, 0) is 9.84 Å². The molecule has 0 radical (unpaired) electrons. The van der Waals surface area contributed by atoms with Gasteiger partial charge in [0.1, 0.15) is 0 Å². The Labute approximate surface area is 189 Å². The summed E-state index contributed by atoms with van der Waals surface area (Å²) in [6.45, 7) is 5.51. The Kier molecular flexibility index (Phi) is 6.40. The SMILES string of the molecule is CCCCN1CCC(c2cn(N)c3ccc(C(=O)c4ccccc4S(C)(=O)=O)cc23)CC1. The van der Waals surface area contributed by atoms with E-state index in [2.05, 4.69) is 11.8 Å². The van der Waals surface area contributed by atoms with Gasteiger partial charge in [0.25, 0.3) is 0 Å². The minimum Gasteiger partial charge on any atom is -0.339 e. The lowest BCUT2D eigenvalue weighted by molar-refractivity contribution is 0.103. The van der Waals surface area contributed by atoms with Crippen LogP contribution in [0.25, 0.3) is 10.9 Å². The molecule has 3 aromatic rings. The molecule has 0 amide bonds. The van der Waals surface area contributed by atoms with Crippen molar-refractivity contribution in [2.75, 3.05) is 31.7 Å². The summed E-state index contributed by atoms with van der Waals surface area (Å²) in [6, 6.07) is 11.8. The third-order valence-corrected chi connectivity index (χ3v) is 7.67. The van der Waals surface area contributed by atoms with Crippen LogP contribution in [0.1, 0.15) is 60.0 Å². The number of unbranched alkanes of at least 4 members (excludes halogenated alkanes) is 1. The van der Waals surface area contributed by atoms with E-state index in [0.717, 1.165) is 49.6 Å². The number of nitrogen functional groups attached to an aromatic ring is 1. The lowest BCUT2D eigenvalue weighted by Gasteiger charge is -2.31. The van der Waals surface area contributed by atoms with Crippen LogP contribution in [0.5, 0.6) is 0 Å². The largest absolute Gasteiger partial charge is 0.339 e. The van der Waals surface area contributed by atoms with Crippen LogP contribution >= 0.6 is 0 Å². The minimum absolute atomic E-state index is 0.0566. The second-order valence-corrected chi connectivity index (χ2v) is 10.8. The highest BCUT2D eigenvalue weighted by atomic mass is 32.2. The fourth-order valence-corrected chi connectivity index (χ4v) is 5.62. The molecule has 0 aliphatic carbocycles. The van der Waals surface area contributed by atoms with Gasteiger partial charge in [0.2, 0.25) is 0 Å². The maximum atomic E-state index is 13.3. The molecule has 1 aromatic heterocycles. The summed E-state index contributed by atoms with van der Waals surface area (Å²) in [6.07, 6.45) is 7.68. The first-order chi connectivity index (χ1) is 15.3. The maximum Gasteiger partial charge on any atom is 0.194 e. The molecular weight excluding hydrogens is 422 g/mol. The van der Waals surface area contributed by atoms with E-state index in [0.29, 0.717) is 11.5 Å². The molecule has 32 heavy (non-hydrogen) atoms. The van der Waals surface area contributed by atoms with Crippen molar-refractivity contribution in [3.63, 3.8) is 0 Å². The van der Waals surface area contributed by atoms with Crippen LogP contribution in [-0.4, -0.2) is 49.7 Å². The Hall–Kier alpha value is -2.64. The number of likely N-dealkylation sites (tertiary alicyclic amines) is 1. The van der Waals surface area contributed by atoms with E-state index in [1.165, 1.54) is 24.5 Å². The first-order valence-corrected chi connectivity index (χ1v) is 13.1. The molecule has 2 aromatic carbocycles. The number of carbonyl (C=O) groups excluding carboxylic acids is 1. The second kappa shape index (κ2) is 9.08. The molecule has 7 heteroatoms. The molecule has 0 saturated carbocycles. The van der Waals surface area contributed by atoms with Gasteiger partial charge in [0.05, 0.1) is 10.4 Å². The molecule has 0 unspecified atom stereocenters. The molecule has 1 fully saturated rings. The van der Waals surface area contributed by atoms with Crippen molar-refractivity contribution >= 4 is 26.5 Å². The summed E-state index contributed by atoms with van der Waals surface area (Å²) in [5, 5.41) is 0.974. The summed E-state index contributed by atoms with van der Waals surface area (Å²) in [5.74, 6) is 6.34. The molecule has 2 heterocycles. The van der Waals surface area contributed by atoms with Gasteiger partial charge in [-0.1, -0.05) is 25.5 Å². The highest BCUT2D eigenvalue weighted by molar-refractivity contribution is 7.90. The average molecular weight is 454 g/mol. The van der Waals surface area contributed by atoms with Gasteiger partial charge in [-0.3, -0.25) is 9.47 Å². The van der Waals surface area contributed by atoms with E-state index in [4.69, 9.17) is 5.84 Å². The Morgan fingerprint density at radius 2 is 1.84 bits per heavy atom. The number of hydrogen-bond donors (Lipinski definition) is 1. The van der Waals surface area contributed by atoms with Gasteiger partial charge in [-0.15, -0.1) is 0 Å². The summed E-state index contributed by atoms with van der Waals surface area (Å²) < 4.78 is 26.0. The van der Waals surface area contributed by atoms with Crippen molar-refractivity contribution < 1.29 is 13.2 Å². The van der Waals surface area contributed by atoms with Gasteiger partial charge in [-0.05, 0) is 80.7 Å². The van der Waals surface area contributed by atoms with Gasteiger partial charge in [-0.2, -0.15) is 0 Å². The molecule has 0 atom stereocenters. The van der Waals surface area contributed by atoms with Crippen molar-refractivity contribution in [2.24, 2.45) is 0 Å². The standard InChI is InChI=1S/C25H31N3O3S/c1-3-4-13-27-14-11-18(12-15-27)22-17-28(26)23-10-9-19(16-21(22)23)25(29)20-7-5-6-8-24(20)32(2,30)31/h5-10,16-18H,3-4,11-15,26H2,1-2H3. The predicted octanol–water partition coefficient (Wildman–Crippen LogP) is 3.97. The molecular formula is C25H31N3O3S. The number of hydrogen-bond acceptors (Lipinski definition) is 5. The molecule has 1 aliphatic heterocycles. The van der Waals surface area contributed by atoms with Crippen LogP contribution in [0.3, 0.4) is 0 Å². The summed E-state index contributed by atoms with van der Waals surface area (Å²) in [7, 11) is -3.51. The topological polar surface area (TPSA) is 85.4 Å². The van der Waals surface area contributed by atoms with Crippen LogP contribution in [0.15, 0.2) is 53.6 Å². The van der Waals surface area contributed by atoms with E-state index in [1.807, 2.05) is 18.3 Å². The molecule has 6 nitrogen and oxygen atoms in total. The van der Waals surface area contributed by atoms with E-state index >= 15 is 0 Å². The number of rotatable bonds is 7. The number of ketones is 1. The van der Waals surface area contributed by atoms with Gasteiger partial charge in [0, 0.05) is 29.0 Å². The summed E-state index contributed by atoms with van der Waals surface area (Å²) in [4.78, 5) is 15.9. The predicted molar refractivity (Wildman–Crippen MR) is 128 cm³/mol. The second-order valence-electron chi connectivity index (χ2n) is 8.79. The number of aromatic nitrogens is 1. The van der Waals surface area contributed by atoms with Gasteiger partial charge >= 0.3 is 0 Å². The smallest absolute Gasteiger partial charge is 0.194 e. The van der Waals surface area contributed by atoms with Crippen molar-refractivity contribution in [1.82, 2.24) is 9.58 Å². The van der Waals surface area contributed by atoms with E-state index in [9.17, 15) is 13.2 Å². The van der Waals surface area contributed by atoms with E-state index < -0.39 is 9.84 Å². The van der Waals surface area contributed by atoms with Gasteiger partial charge in [0.15, 0.2) is 15.6 Å². The number of carbonyl (C=O) groups is 1. The first kappa shape index (κ1) is 22.6. The first-order valence-electron chi connectivity index (χ1n) is 11.3. The molecule has 4 rings (SSSR count). The number of sulfone groups is 1. The maximum absolute atomic E-state index is 13.3. The molecule has 170 valence electrons. The number of benzene rings is 2. The normalized spacial score (nSPS) is 15.9. The van der Waals surface area contributed by atoms with Gasteiger partial charge in [-0.25, -0.2) is 8.42 Å². The average Bonchev–Trinajstić information content (AvgIpc) is 3.13. The third-order valence-electron chi connectivity index (χ3n) is 6.51. The fourth-order valence-electron chi connectivity index (χ4n) is 4.73. The monoisotopic (exact) mass is 453 g/mol. The zero-order valence-corrected chi connectivity index (χ0v) is 19.6.